The van der Waals surface area contributed by atoms with E-state index < -0.39 is 5.91 Å². The van der Waals surface area contributed by atoms with Gasteiger partial charge in [-0.3, -0.25) is 4.79 Å². The monoisotopic (exact) mass is 326 g/mol. The van der Waals surface area contributed by atoms with Crippen molar-refractivity contribution in [3.63, 3.8) is 0 Å². The van der Waals surface area contributed by atoms with Crippen LogP contribution in [0.3, 0.4) is 0 Å². The summed E-state index contributed by atoms with van der Waals surface area (Å²) < 4.78 is 5.02. The number of nitrogens with one attached hydrogen (secondary N) is 1. The number of methoxy groups -OCH3 is 1. The summed E-state index contributed by atoms with van der Waals surface area (Å²) in [7, 11) is 1.51. The van der Waals surface area contributed by atoms with Crippen LogP contribution in [0.1, 0.15) is 10.4 Å². The number of hydrogen-bond donors (Lipinski definition) is 3. The quantitative estimate of drug-likeness (QED) is 0.595. The van der Waals surface area contributed by atoms with Gasteiger partial charge in [-0.1, -0.05) is 23.2 Å². The molecule has 1 amide bonds. The average Bonchev–Trinajstić information content (AvgIpc) is 2.44. The predicted molar refractivity (Wildman–Crippen MR) is 83.5 cm³/mol. The fraction of sp³-hybridized carbons (Fsp3) is 0.0714. The van der Waals surface area contributed by atoms with Crippen LogP contribution in [-0.4, -0.2) is 18.1 Å². The van der Waals surface area contributed by atoms with Gasteiger partial charge in [-0.2, -0.15) is 0 Å². The molecule has 0 spiro atoms. The lowest BCUT2D eigenvalue weighted by Gasteiger charge is -2.10. The molecule has 2 aromatic carbocycles. The molecule has 0 heterocycles. The molecule has 7 heteroatoms. The Morgan fingerprint density at radius 3 is 2.38 bits per heavy atom. The molecule has 0 atom stereocenters. The van der Waals surface area contributed by atoms with Gasteiger partial charge in [-0.25, -0.2) is 0 Å². The van der Waals surface area contributed by atoms with Gasteiger partial charge in [0.25, 0.3) is 5.91 Å². The lowest BCUT2D eigenvalue weighted by Crippen LogP contribution is -2.14. The van der Waals surface area contributed by atoms with Crippen molar-refractivity contribution in [3.8, 4) is 11.5 Å². The topological polar surface area (TPSA) is 84.6 Å². The number of phenols is 1. The normalized spacial score (nSPS) is 10.2. The van der Waals surface area contributed by atoms with E-state index in [0.717, 1.165) is 0 Å². The van der Waals surface area contributed by atoms with Gasteiger partial charge in [0.1, 0.15) is 5.75 Å². The van der Waals surface area contributed by atoms with Gasteiger partial charge in [0.15, 0.2) is 5.75 Å². The maximum Gasteiger partial charge on any atom is 0.257 e. The summed E-state index contributed by atoms with van der Waals surface area (Å²) in [4.78, 5) is 12.2. The Labute approximate surface area is 131 Å². The molecule has 0 aliphatic rings. The summed E-state index contributed by atoms with van der Waals surface area (Å²) in [6, 6.07) is 7.50. The van der Waals surface area contributed by atoms with Gasteiger partial charge in [0.05, 0.1) is 22.7 Å². The number of benzene rings is 2. The summed E-state index contributed by atoms with van der Waals surface area (Å²) in [6.07, 6.45) is 0. The average molecular weight is 327 g/mol. The van der Waals surface area contributed by atoms with Crippen LogP contribution >= 0.6 is 23.2 Å². The molecule has 2 aromatic rings. The van der Waals surface area contributed by atoms with Crippen molar-refractivity contribution in [2.45, 2.75) is 0 Å². The van der Waals surface area contributed by atoms with Crippen LogP contribution in [0.25, 0.3) is 0 Å². The third-order valence-electron chi connectivity index (χ3n) is 2.78. The summed E-state index contributed by atoms with van der Waals surface area (Å²) in [5.74, 6) is -0.104. The standard InChI is InChI=1S/C14H12Cl2N2O3/c1-21-8-2-3-9(12(17)6-8)14(20)18-7-4-10(15)13(19)11(16)5-7/h2-6,19H,17H2,1H3,(H,18,20). The Kier molecular flexibility index (Phi) is 4.45. The van der Waals surface area contributed by atoms with E-state index in [0.29, 0.717) is 11.4 Å². The zero-order chi connectivity index (χ0) is 15.6. The van der Waals surface area contributed by atoms with E-state index in [9.17, 15) is 9.90 Å². The molecule has 0 aliphatic heterocycles. The number of nitrogens with two attached hydrogens (primary N) is 1. The van der Waals surface area contributed by atoms with Gasteiger partial charge in [0.2, 0.25) is 0 Å². The van der Waals surface area contributed by atoms with Crippen molar-refractivity contribution < 1.29 is 14.6 Å². The summed E-state index contributed by atoms with van der Waals surface area (Å²) >= 11 is 11.6. The molecule has 21 heavy (non-hydrogen) atoms. The predicted octanol–water partition coefficient (Wildman–Crippen LogP) is 3.54. The first-order valence-electron chi connectivity index (χ1n) is 5.85. The van der Waals surface area contributed by atoms with Crippen LogP contribution < -0.4 is 15.8 Å². The largest absolute Gasteiger partial charge is 0.505 e. The molecule has 0 fully saturated rings. The summed E-state index contributed by atoms with van der Waals surface area (Å²) in [6.45, 7) is 0. The van der Waals surface area contributed by atoms with Crippen molar-refractivity contribution in [2.75, 3.05) is 18.2 Å². The van der Waals surface area contributed by atoms with Crippen molar-refractivity contribution in [3.05, 3.63) is 45.9 Å². The van der Waals surface area contributed by atoms with Crippen LogP contribution in [0.2, 0.25) is 10.0 Å². The molecule has 0 aliphatic carbocycles. The summed E-state index contributed by atoms with van der Waals surface area (Å²) in [5.41, 5.74) is 6.72. The first kappa shape index (κ1) is 15.3. The van der Waals surface area contributed by atoms with E-state index in [2.05, 4.69) is 5.32 Å². The Morgan fingerprint density at radius 1 is 1.24 bits per heavy atom. The number of hydrogen-bond acceptors (Lipinski definition) is 4. The van der Waals surface area contributed by atoms with E-state index >= 15 is 0 Å². The van der Waals surface area contributed by atoms with Gasteiger partial charge >= 0.3 is 0 Å². The third kappa shape index (κ3) is 3.32. The number of amides is 1. The number of nitrogen functional groups attached to an aromatic ring is 1. The first-order valence-corrected chi connectivity index (χ1v) is 6.61. The molecule has 0 radical (unpaired) electrons. The number of carbonyl (C=O) groups is 1. The Bertz CT molecular complexity index is 682. The number of phenolic OH excluding ortho intramolecular Hbond substituents is 1. The fourth-order valence-corrected chi connectivity index (χ4v) is 2.20. The highest BCUT2D eigenvalue weighted by molar-refractivity contribution is 6.37. The summed E-state index contributed by atoms with van der Waals surface area (Å²) in [5, 5.41) is 12.2. The van der Waals surface area contributed by atoms with Crippen LogP contribution in [0.4, 0.5) is 11.4 Å². The van der Waals surface area contributed by atoms with E-state index in [1.807, 2.05) is 0 Å². The molecule has 0 saturated carbocycles. The van der Waals surface area contributed by atoms with Crippen molar-refractivity contribution in [2.24, 2.45) is 0 Å². The minimum atomic E-state index is -0.423. The van der Waals surface area contributed by atoms with Crippen LogP contribution in [0, 0.1) is 0 Å². The highest BCUT2D eigenvalue weighted by Gasteiger charge is 2.13. The maximum absolute atomic E-state index is 12.2. The number of ether oxygens (including phenoxy) is 1. The van der Waals surface area contributed by atoms with Gasteiger partial charge in [-0.15, -0.1) is 0 Å². The van der Waals surface area contributed by atoms with Crippen molar-refractivity contribution in [1.29, 1.82) is 0 Å². The van der Waals surface area contributed by atoms with Gasteiger partial charge in [0, 0.05) is 17.4 Å². The molecular weight excluding hydrogens is 315 g/mol. The molecule has 2 rings (SSSR count). The Balaban J connectivity index is 2.26. The molecule has 4 N–H and O–H groups in total. The second-order valence-electron chi connectivity index (χ2n) is 4.20. The number of anilines is 2. The molecular formula is C14H12Cl2N2O3. The Hall–Kier alpha value is -2.11. The fourth-order valence-electron chi connectivity index (χ4n) is 1.71. The molecule has 0 aromatic heterocycles. The maximum atomic E-state index is 12.2. The number of carbonyl (C=O) groups excluding carboxylic acids is 1. The van der Waals surface area contributed by atoms with E-state index in [1.165, 1.54) is 19.2 Å². The molecule has 0 saturated heterocycles. The minimum Gasteiger partial charge on any atom is -0.505 e. The third-order valence-corrected chi connectivity index (χ3v) is 3.35. The van der Waals surface area contributed by atoms with Gasteiger partial charge in [-0.05, 0) is 24.3 Å². The minimum absolute atomic E-state index is 0.0421. The zero-order valence-electron chi connectivity index (χ0n) is 11.0. The van der Waals surface area contributed by atoms with E-state index in [4.69, 9.17) is 33.7 Å². The number of rotatable bonds is 3. The van der Waals surface area contributed by atoms with Crippen molar-refractivity contribution >= 4 is 40.5 Å². The lowest BCUT2D eigenvalue weighted by atomic mass is 10.1. The Morgan fingerprint density at radius 2 is 1.86 bits per heavy atom. The molecule has 0 bridgehead atoms. The second-order valence-corrected chi connectivity index (χ2v) is 5.01. The van der Waals surface area contributed by atoms with Crippen molar-refractivity contribution in [1.82, 2.24) is 0 Å². The zero-order valence-corrected chi connectivity index (χ0v) is 12.5. The van der Waals surface area contributed by atoms with Crippen LogP contribution in [0.5, 0.6) is 11.5 Å². The lowest BCUT2D eigenvalue weighted by molar-refractivity contribution is 0.102. The number of halogens is 2. The molecule has 0 unspecified atom stereocenters. The highest BCUT2D eigenvalue weighted by atomic mass is 35.5. The SMILES string of the molecule is COc1ccc(C(=O)Nc2cc(Cl)c(O)c(Cl)c2)c(N)c1. The smallest absolute Gasteiger partial charge is 0.257 e. The van der Waals surface area contributed by atoms with E-state index in [1.54, 1.807) is 18.2 Å². The highest BCUT2D eigenvalue weighted by Crippen LogP contribution is 2.34. The van der Waals surface area contributed by atoms with Crippen LogP contribution in [-0.2, 0) is 0 Å². The second kappa shape index (κ2) is 6.11. The van der Waals surface area contributed by atoms with Crippen LogP contribution in [0.15, 0.2) is 30.3 Å². The van der Waals surface area contributed by atoms with Gasteiger partial charge < -0.3 is 20.9 Å². The first-order chi connectivity index (χ1) is 9.92. The molecule has 5 nitrogen and oxygen atoms in total. The number of aromatic hydroxyl groups is 1. The molecule has 110 valence electrons. The van der Waals surface area contributed by atoms with E-state index in [-0.39, 0.29) is 27.0 Å².